The number of ether oxygens (including phenoxy) is 1. The summed E-state index contributed by atoms with van der Waals surface area (Å²) in [6, 6.07) is 0. The molecule has 0 aromatic rings. The third-order valence-corrected chi connectivity index (χ3v) is 6.34. The predicted molar refractivity (Wildman–Crippen MR) is 71.4 cm³/mol. The van der Waals surface area contributed by atoms with Crippen LogP contribution in [0.15, 0.2) is 0 Å². The summed E-state index contributed by atoms with van der Waals surface area (Å²) in [6.45, 7) is 0.874. The normalized spacial score (nSPS) is 38.6. The Labute approximate surface area is 108 Å². The van der Waals surface area contributed by atoms with Crippen LogP contribution in [0.25, 0.3) is 0 Å². The summed E-state index contributed by atoms with van der Waals surface area (Å²) in [4.78, 5) is 0. The first-order chi connectivity index (χ1) is 8.29. The van der Waals surface area contributed by atoms with E-state index in [2.05, 4.69) is 0 Å². The molecule has 17 heavy (non-hydrogen) atoms. The third kappa shape index (κ3) is 2.52. The van der Waals surface area contributed by atoms with E-state index in [1.54, 1.807) is 0 Å². The van der Waals surface area contributed by atoms with E-state index in [1.807, 2.05) is 11.8 Å². The van der Waals surface area contributed by atoms with Gasteiger partial charge in [-0.25, -0.2) is 0 Å². The van der Waals surface area contributed by atoms with Crippen LogP contribution in [0.3, 0.4) is 0 Å². The molecule has 0 aromatic heterocycles. The molecule has 2 saturated heterocycles. The highest BCUT2D eigenvalue weighted by Gasteiger charge is 2.45. The second-order valence-electron chi connectivity index (χ2n) is 6.03. The van der Waals surface area contributed by atoms with Crippen LogP contribution in [0.4, 0.5) is 0 Å². The largest absolute Gasteiger partial charge is 0.392 e. The van der Waals surface area contributed by atoms with Gasteiger partial charge in [0.25, 0.3) is 0 Å². The second-order valence-corrected chi connectivity index (χ2v) is 7.38. The Morgan fingerprint density at radius 3 is 2.71 bits per heavy atom. The van der Waals surface area contributed by atoms with Crippen molar-refractivity contribution in [2.24, 2.45) is 5.92 Å². The lowest BCUT2D eigenvalue weighted by atomic mass is 9.70. The Hall–Kier alpha value is 0.270. The van der Waals surface area contributed by atoms with Crippen molar-refractivity contribution in [2.45, 2.75) is 68.3 Å². The lowest BCUT2D eigenvalue weighted by Crippen LogP contribution is -2.49. The zero-order chi connectivity index (χ0) is 11.7. The van der Waals surface area contributed by atoms with Crippen LogP contribution >= 0.6 is 11.8 Å². The van der Waals surface area contributed by atoms with E-state index < -0.39 is 0 Å². The number of aliphatic hydroxyl groups is 1. The Morgan fingerprint density at radius 2 is 2.06 bits per heavy atom. The van der Waals surface area contributed by atoms with Gasteiger partial charge in [0.15, 0.2) is 0 Å². The Kier molecular flexibility index (Phi) is 3.69. The molecule has 1 N–H and O–H groups in total. The molecule has 1 spiro atoms. The van der Waals surface area contributed by atoms with Gasteiger partial charge in [0.05, 0.1) is 11.7 Å². The van der Waals surface area contributed by atoms with E-state index in [-0.39, 0.29) is 11.7 Å². The lowest BCUT2D eigenvalue weighted by Gasteiger charge is -2.49. The first-order valence-corrected chi connectivity index (χ1v) is 8.28. The SMILES string of the molecule is OC(C1CCOC2(CCC2)C1)C1CCCCS1. The van der Waals surface area contributed by atoms with Crippen molar-refractivity contribution in [3.8, 4) is 0 Å². The van der Waals surface area contributed by atoms with Crippen LogP contribution in [0.5, 0.6) is 0 Å². The molecule has 1 aliphatic carbocycles. The molecule has 2 nitrogen and oxygen atoms in total. The molecule has 98 valence electrons. The van der Waals surface area contributed by atoms with Crippen LogP contribution in [0.1, 0.15) is 51.4 Å². The molecule has 3 heteroatoms. The maximum atomic E-state index is 10.6. The molecule has 0 aromatic carbocycles. The minimum absolute atomic E-state index is 0.0818. The molecule has 1 saturated carbocycles. The van der Waals surface area contributed by atoms with Crippen LogP contribution < -0.4 is 0 Å². The fraction of sp³-hybridized carbons (Fsp3) is 1.00. The van der Waals surface area contributed by atoms with E-state index in [9.17, 15) is 5.11 Å². The van der Waals surface area contributed by atoms with Crippen LogP contribution in [0.2, 0.25) is 0 Å². The van der Waals surface area contributed by atoms with Crippen molar-refractivity contribution >= 4 is 11.8 Å². The Bertz CT molecular complexity index is 259. The van der Waals surface area contributed by atoms with Gasteiger partial charge in [-0.15, -0.1) is 0 Å². The van der Waals surface area contributed by atoms with Crippen molar-refractivity contribution in [3.63, 3.8) is 0 Å². The van der Waals surface area contributed by atoms with Crippen molar-refractivity contribution in [1.82, 2.24) is 0 Å². The molecule has 2 heterocycles. The zero-order valence-corrected chi connectivity index (χ0v) is 11.4. The number of aliphatic hydroxyl groups excluding tert-OH is 1. The Morgan fingerprint density at radius 1 is 1.18 bits per heavy atom. The summed E-state index contributed by atoms with van der Waals surface area (Å²) in [5.74, 6) is 1.75. The zero-order valence-electron chi connectivity index (χ0n) is 10.6. The summed E-state index contributed by atoms with van der Waals surface area (Å²) >= 11 is 2.00. The van der Waals surface area contributed by atoms with Crippen LogP contribution in [-0.4, -0.2) is 34.4 Å². The van der Waals surface area contributed by atoms with Crippen molar-refractivity contribution in [1.29, 1.82) is 0 Å². The van der Waals surface area contributed by atoms with Gasteiger partial charge in [-0.1, -0.05) is 6.42 Å². The third-order valence-electron chi connectivity index (χ3n) is 4.87. The van der Waals surface area contributed by atoms with Crippen molar-refractivity contribution in [2.75, 3.05) is 12.4 Å². The van der Waals surface area contributed by atoms with E-state index >= 15 is 0 Å². The average molecular weight is 256 g/mol. The van der Waals surface area contributed by atoms with E-state index in [4.69, 9.17) is 4.74 Å². The van der Waals surface area contributed by atoms with E-state index in [1.165, 1.54) is 44.3 Å². The number of rotatable bonds is 2. The van der Waals surface area contributed by atoms with Gasteiger partial charge in [-0.2, -0.15) is 11.8 Å². The van der Waals surface area contributed by atoms with E-state index in [0.717, 1.165) is 19.4 Å². The van der Waals surface area contributed by atoms with Gasteiger partial charge in [0, 0.05) is 11.9 Å². The molecule has 0 radical (unpaired) electrons. The second kappa shape index (κ2) is 5.10. The van der Waals surface area contributed by atoms with Crippen molar-refractivity contribution in [3.05, 3.63) is 0 Å². The fourth-order valence-corrected chi connectivity index (χ4v) is 5.04. The Balaban J connectivity index is 1.58. The van der Waals surface area contributed by atoms with Crippen LogP contribution in [-0.2, 0) is 4.74 Å². The van der Waals surface area contributed by atoms with Crippen molar-refractivity contribution < 1.29 is 9.84 Å². The first kappa shape index (κ1) is 12.3. The molecular weight excluding hydrogens is 232 g/mol. The topological polar surface area (TPSA) is 29.5 Å². The molecule has 3 atom stereocenters. The lowest BCUT2D eigenvalue weighted by molar-refractivity contribution is -0.156. The first-order valence-electron chi connectivity index (χ1n) is 7.23. The minimum atomic E-state index is -0.0818. The molecule has 3 unspecified atom stereocenters. The molecule has 0 amide bonds. The quantitative estimate of drug-likeness (QED) is 0.823. The predicted octanol–water partition coefficient (Wildman–Crippen LogP) is 2.98. The van der Waals surface area contributed by atoms with E-state index in [0.29, 0.717) is 11.2 Å². The van der Waals surface area contributed by atoms with Gasteiger partial charge in [0.1, 0.15) is 0 Å². The molecule has 3 rings (SSSR count). The number of hydrogen-bond acceptors (Lipinski definition) is 3. The highest BCUT2D eigenvalue weighted by Crippen LogP contribution is 2.46. The average Bonchev–Trinajstić information content (AvgIpc) is 2.37. The van der Waals surface area contributed by atoms with Crippen LogP contribution in [0, 0.1) is 5.92 Å². The minimum Gasteiger partial charge on any atom is -0.392 e. The standard InChI is InChI=1S/C14H24O2S/c15-13(12-4-1-2-9-17-12)11-5-8-16-14(10-11)6-3-7-14/h11-13,15H,1-10H2. The number of thioether (sulfide) groups is 1. The summed E-state index contributed by atoms with van der Waals surface area (Å²) in [5, 5.41) is 11.1. The monoisotopic (exact) mass is 256 g/mol. The van der Waals surface area contributed by atoms with Gasteiger partial charge in [0.2, 0.25) is 0 Å². The molecule has 3 aliphatic rings. The molecular formula is C14H24O2S. The van der Waals surface area contributed by atoms with Gasteiger partial charge >= 0.3 is 0 Å². The summed E-state index contributed by atoms with van der Waals surface area (Å²) in [5.41, 5.74) is 0.184. The fourth-order valence-electron chi connectivity index (χ4n) is 3.62. The highest BCUT2D eigenvalue weighted by atomic mass is 32.2. The van der Waals surface area contributed by atoms with Gasteiger partial charge in [-0.05, 0) is 56.6 Å². The number of hydrogen-bond donors (Lipinski definition) is 1. The maximum absolute atomic E-state index is 10.6. The smallest absolute Gasteiger partial charge is 0.0688 e. The maximum Gasteiger partial charge on any atom is 0.0688 e. The molecule has 3 fully saturated rings. The molecule has 2 aliphatic heterocycles. The van der Waals surface area contributed by atoms with Gasteiger partial charge < -0.3 is 9.84 Å². The highest BCUT2D eigenvalue weighted by molar-refractivity contribution is 8.00. The van der Waals surface area contributed by atoms with Gasteiger partial charge in [-0.3, -0.25) is 0 Å². The summed E-state index contributed by atoms with van der Waals surface area (Å²) < 4.78 is 5.95. The summed E-state index contributed by atoms with van der Waals surface area (Å²) in [6.07, 6.45) is 9.75. The summed E-state index contributed by atoms with van der Waals surface area (Å²) in [7, 11) is 0. The molecule has 0 bridgehead atoms.